The summed E-state index contributed by atoms with van der Waals surface area (Å²) in [7, 11) is 0. The minimum atomic E-state index is -0.316. The average molecular weight is 417 g/mol. The first-order chi connectivity index (χ1) is 15.1. The van der Waals surface area contributed by atoms with Crippen LogP contribution in [0.25, 0.3) is 0 Å². The van der Waals surface area contributed by atoms with E-state index in [0.29, 0.717) is 29.2 Å². The van der Waals surface area contributed by atoms with Crippen molar-refractivity contribution in [2.24, 2.45) is 0 Å². The van der Waals surface area contributed by atoms with E-state index in [2.05, 4.69) is 17.6 Å². The Labute approximate surface area is 183 Å². The quantitative estimate of drug-likeness (QED) is 0.446. The van der Waals surface area contributed by atoms with Crippen molar-refractivity contribution >= 4 is 17.5 Å². The first-order valence-corrected chi connectivity index (χ1v) is 10.6. The molecule has 0 aliphatic rings. The second-order valence-corrected chi connectivity index (χ2v) is 7.30. The minimum Gasteiger partial charge on any atom is -0.493 e. The number of unbranched alkanes of at least 4 members (excludes halogenated alkanes) is 1. The van der Waals surface area contributed by atoms with E-state index < -0.39 is 0 Å². The van der Waals surface area contributed by atoms with E-state index in [4.69, 9.17) is 4.74 Å². The average Bonchev–Trinajstić information content (AvgIpc) is 2.80. The maximum Gasteiger partial charge on any atom is 0.259 e. The van der Waals surface area contributed by atoms with Gasteiger partial charge in [0.15, 0.2) is 0 Å². The number of nitrogens with one attached hydrogen (secondary N) is 2. The zero-order valence-corrected chi connectivity index (χ0v) is 17.9. The molecule has 1 unspecified atom stereocenters. The smallest absolute Gasteiger partial charge is 0.259 e. The summed E-state index contributed by atoms with van der Waals surface area (Å²) >= 11 is 0. The molecule has 1 atom stereocenters. The van der Waals surface area contributed by atoms with Crippen molar-refractivity contribution in [2.45, 2.75) is 32.7 Å². The fourth-order valence-corrected chi connectivity index (χ4v) is 3.19. The van der Waals surface area contributed by atoms with Crippen molar-refractivity contribution in [3.05, 3.63) is 95.6 Å². The van der Waals surface area contributed by atoms with Crippen LogP contribution in [0.1, 0.15) is 59.0 Å². The molecule has 5 nitrogen and oxygen atoms in total. The maximum atomic E-state index is 13.0. The first kappa shape index (κ1) is 22.1. The Bertz CT molecular complexity index is 1020. The molecular weight excluding hydrogens is 388 g/mol. The van der Waals surface area contributed by atoms with Gasteiger partial charge in [-0.25, -0.2) is 0 Å². The SMILES string of the molecule is CCCCOc1ccccc1C(=O)Nc1ccccc1C(=O)NC(C)c1ccccc1. The number of rotatable bonds is 9. The Morgan fingerprint density at radius 3 is 2.23 bits per heavy atom. The third-order valence-corrected chi connectivity index (χ3v) is 4.95. The van der Waals surface area contributed by atoms with Crippen LogP contribution in [0.5, 0.6) is 5.75 Å². The first-order valence-electron chi connectivity index (χ1n) is 10.6. The van der Waals surface area contributed by atoms with Crippen molar-refractivity contribution in [1.29, 1.82) is 0 Å². The number of carbonyl (C=O) groups is 2. The summed E-state index contributed by atoms with van der Waals surface area (Å²) in [5.74, 6) is -0.0312. The molecule has 0 saturated heterocycles. The Hall–Kier alpha value is -3.60. The van der Waals surface area contributed by atoms with E-state index in [9.17, 15) is 9.59 Å². The lowest BCUT2D eigenvalue weighted by molar-refractivity contribution is 0.0940. The summed E-state index contributed by atoms with van der Waals surface area (Å²) in [6.45, 7) is 4.57. The topological polar surface area (TPSA) is 67.4 Å². The van der Waals surface area contributed by atoms with Gasteiger partial charge in [-0.3, -0.25) is 9.59 Å². The third kappa shape index (κ3) is 5.95. The van der Waals surface area contributed by atoms with Crippen molar-refractivity contribution in [2.75, 3.05) is 11.9 Å². The molecule has 0 heterocycles. The molecule has 0 fully saturated rings. The van der Waals surface area contributed by atoms with E-state index >= 15 is 0 Å². The molecule has 0 saturated carbocycles. The lowest BCUT2D eigenvalue weighted by Crippen LogP contribution is -2.28. The van der Waals surface area contributed by atoms with E-state index in [1.165, 1.54) is 0 Å². The molecule has 2 N–H and O–H groups in total. The second-order valence-electron chi connectivity index (χ2n) is 7.30. The number of hydrogen-bond donors (Lipinski definition) is 2. The molecule has 3 aromatic carbocycles. The number of ether oxygens (including phenoxy) is 1. The summed E-state index contributed by atoms with van der Waals surface area (Å²) in [4.78, 5) is 25.9. The normalized spacial score (nSPS) is 11.4. The fourth-order valence-electron chi connectivity index (χ4n) is 3.19. The maximum absolute atomic E-state index is 13.0. The van der Waals surface area contributed by atoms with Crippen molar-refractivity contribution < 1.29 is 14.3 Å². The van der Waals surface area contributed by atoms with Crippen LogP contribution >= 0.6 is 0 Å². The highest BCUT2D eigenvalue weighted by molar-refractivity contribution is 6.10. The third-order valence-electron chi connectivity index (χ3n) is 4.95. The van der Waals surface area contributed by atoms with Gasteiger partial charge in [0, 0.05) is 0 Å². The van der Waals surface area contributed by atoms with Crippen molar-refractivity contribution in [3.63, 3.8) is 0 Å². The molecular formula is C26H28N2O3. The Morgan fingerprint density at radius 1 is 0.839 bits per heavy atom. The zero-order valence-electron chi connectivity index (χ0n) is 17.9. The zero-order chi connectivity index (χ0) is 22.1. The largest absolute Gasteiger partial charge is 0.493 e. The van der Waals surface area contributed by atoms with Crippen molar-refractivity contribution in [3.8, 4) is 5.75 Å². The lowest BCUT2D eigenvalue weighted by atomic mass is 10.1. The van der Waals surface area contributed by atoms with Crippen LogP contribution in [-0.2, 0) is 0 Å². The van der Waals surface area contributed by atoms with Gasteiger partial charge in [0.05, 0.1) is 29.5 Å². The molecule has 0 aliphatic carbocycles. The summed E-state index contributed by atoms with van der Waals surface area (Å²) in [5, 5.41) is 5.87. The molecule has 3 rings (SSSR count). The summed E-state index contributed by atoms with van der Waals surface area (Å²) in [6.07, 6.45) is 1.93. The van der Waals surface area contributed by atoms with Gasteiger partial charge in [0.1, 0.15) is 5.75 Å². The molecule has 0 bridgehead atoms. The lowest BCUT2D eigenvalue weighted by Gasteiger charge is -2.17. The van der Waals surface area contributed by atoms with Crippen molar-refractivity contribution in [1.82, 2.24) is 5.32 Å². The number of para-hydroxylation sites is 2. The van der Waals surface area contributed by atoms with E-state index in [-0.39, 0.29) is 17.9 Å². The molecule has 0 aliphatic heterocycles. The van der Waals surface area contributed by atoms with Crippen LogP contribution in [-0.4, -0.2) is 18.4 Å². The monoisotopic (exact) mass is 416 g/mol. The van der Waals surface area contributed by atoms with Gasteiger partial charge >= 0.3 is 0 Å². The highest BCUT2D eigenvalue weighted by Crippen LogP contribution is 2.22. The van der Waals surface area contributed by atoms with Gasteiger partial charge in [-0.05, 0) is 43.2 Å². The van der Waals surface area contributed by atoms with Crippen LogP contribution in [0.2, 0.25) is 0 Å². The second kappa shape index (κ2) is 11.0. The van der Waals surface area contributed by atoms with Gasteiger partial charge in [0.2, 0.25) is 0 Å². The van der Waals surface area contributed by atoms with Crippen LogP contribution in [0.3, 0.4) is 0 Å². The van der Waals surface area contributed by atoms with Crippen LogP contribution < -0.4 is 15.4 Å². The summed E-state index contributed by atoms with van der Waals surface area (Å²) < 4.78 is 5.78. The van der Waals surface area contributed by atoms with Crippen LogP contribution in [0, 0.1) is 0 Å². The molecule has 5 heteroatoms. The Kier molecular flexibility index (Phi) is 7.82. The number of benzene rings is 3. The Morgan fingerprint density at radius 2 is 1.48 bits per heavy atom. The molecule has 0 spiro atoms. The van der Waals surface area contributed by atoms with Crippen LogP contribution in [0.4, 0.5) is 5.69 Å². The Balaban J connectivity index is 1.75. The summed E-state index contributed by atoms with van der Waals surface area (Å²) in [5.41, 5.74) is 2.30. The highest BCUT2D eigenvalue weighted by Gasteiger charge is 2.18. The molecule has 0 aromatic heterocycles. The number of amides is 2. The van der Waals surface area contributed by atoms with Gasteiger partial charge < -0.3 is 15.4 Å². The molecule has 0 radical (unpaired) electrons. The van der Waals surface area contributed by atoms with E-state index in [1.54, 1.807) is 42.5 Å². The number of anilines is 1. The minimum absolute atomic E-state index is 0.162. The van der Waals surface area contributed by atoms with Gasteiger partial charge in [0.25, 0.3) is 11.8 Å². The van der Waals surface area contributed by atoms with Gasteiger partial charge in [-0.1, -0.05) is 67.9 Å². The standard InChI is InChI=1S/C26H28N2O3/c1-3-4-18-31-24-17-11-9-15-22(24)26(30)28-23-16-10-8-14-21(23)25(29)27-19(2)20-12-6-5-7-13-20/h5-17,19H,3-4,18H2,1-2H3,(H,27,29)(H,28,30). The van der Waals surface area contributed by atoms with Crippen LogP contribution in [0.15, 0.2) is 78.9 Å². The number of carbonyl (C=O) groups excluding carboxylic acids is 2. The summed E-state index contributed by atoms with van der Waals surface area (Å²) in [6, 6.07) is 23.7. The molecule has 160 valence electrons. The van der Waals surface area contributed by atoms with E-state index in [1.807, 2.05) is 43.3 Å². The highest BCUT2D eigenvalue weighted by atomic mass is 16.5. The predicted molar refractivity (Wildman–Crippen MR) is 124 cm³/mol. The van der Waals surface area contributed by atoms with E-state index in [0.717, 1.165) is 18.4 Å². The van der Waals surface area contributed by atoms with Gasteiger partial charge in [-0.15, -0.1) is 0 Å². The fraction of sp³-hybridized carbons (Fsp3) is 0.231. The number of hydrogen-bond acceptors (Lipinski definition) is 3. The van der Waals surface area contributed by atoms with Gasteiger partial charge in [-0.2, -0.15) is 0 Å². The molecule has 2 amide bonds. The molecule has 3 aromatic rings. The molecule has 31 heavy (non-hydrogen) atoms. The predicted octanol–water partition coefficient (Wildman–Crippen LogP) is 5.61.